The van der Waals surface area contributed by atoms with Gasteiger partial charge in [-0.3, -0.25) is 4.31 Å². The van der Waals surface area contributed by atoms with E-state index < -0.39 is 17.2 Å². The third-order valence-electron chi connectivity index (χ3n) is 3.55. The van der Waals surface area contributed by atoms with E-state index in [-0.39, 0.29) is 0 Å². The molecular formula is C13H14ClNO3S. The largest absolute Gasteiger partial charge is 0.252 e. The minimum Gasteiger partial charge on any atom is -0.252 e. The van der Waals surface area contributed by atoms with Crippen molar-refractivity contribution in [2.24, 2.45) is 0 Å². The maximum Gasteiger partial charge on any atom is 0.199 e. The average Bonchev–Trinajstić information content (AvgIpc) is 2.73. The molecule has 0 saturated heterocycles. The fraction of sp³-hybridized carbons (Fsp3) is 0.385. The van der Waals surface area contributed by atoms with Crippen molar-refractivity contribution in [1.82, 2.24) is 0 Å². The highest BCUT2D eigenvalue weighted by molar-refractivity contribution is 7.90. The molecule has 1 heterocycles. The molecule has 1 aromatic carbocycles. The van der Waals surface area contributed by atoms with Crippen molar-refractivity contribution in [2.45, 2.75) is 31.9 Å². The maximum atomic E-state index is 12.6. The Hall–Kier alpha value is -0.880. The fourth-order valence-corrected chi connectivity index (χ4v) is 4.60. The second kappa shape index (κ2) is 5.25. The molecule has 0 fully saturated rings. The van der Waals surface area contributed by atoms with Gasteiger partial charge in [0.05, 0.1) is 10.7 Å². The number of nitrogens with zero attached hydrogens (tertiary/aromatic N) is 1. The van der Waals surface area contributed by atoms with Crippen LogP contribution in [0.5, 0.6) is 0 Å². The van der Waals surface area contributed by atoms with Crippen molar-refractivity contribution < 1.29 is 14.4 Å². The van der Waals surface area contributed by atoms with Gasteiger partial charge in [0.1, 0.15) is 0 Å². The van der Waals surface area contributed by atoms with E-state index in [1.54, 1.807) is 16.4 Å². The number of hydrogen-bond donors (Lipinski definition) is 1. The molecule has 1 aliphatic carbocycles. The highest BCUT2D eigenvalue weighted by Gasteiger charge is 2.41. The summed E-state index contributed by atoms with van der Waals surface area (Å²) in [4.78, 5) is 5.47. The Morgan fingerprint density at radius 3 is 2.79 bits per heavy atom. The van der Waals surface area contributed by atoms with E-state index in [4.69, 9.17) is 11.6 Å². The van der Waals surface area contributed by atoms with Gasteiger partial charge in [-0.25, -0.2) is 14.4 Å². The van der Waals surface area contributed by atoms with Crippen LogP contribution >= 0.6 is 11.6 Å². The van der Waals surface area contributed by atoms with Crippen LogP contribution < -0.4 is 4.31 Å². The van der Waals surface area contributed by atoms with Crippen molar-refractivity contribution in [3.05, 3.63) is 39.8 Å². The first-order valence-electron chi connectivity index (χ1n) is 6.22. The van der Waals surface area contributed by atoms with E-state index in [9.17, 15) is 9.47 Å². The molecule has 0 bridgehead atoms. The van der Waals surface area contributed by atoms with E-state index >= 15 is 0 Å². The molecule has 3 rings (SSSR count). The molecule has 4 nitrogen and oxygen atoms in total. The summed E-state index contributed by atoms with van der Waals surface area (Å²) < 4.78 is 14.1. The smallest absolute Gasteiger partial charge is 0.199 e. The molecule has 0 aromatic heterocycles. The minimum atomic E-state index is -1.32. The van der Waals surface area contributed by atoms with Gasteiger partial charge in [-0.1, -0.05) is 23.7 Å². The minimum absolute atomic E-state index is 0.498. The SMILES string of the molecule is O=S1C2=C(CCCC2)[C@@H](OO)N1c1ccccc1Cl. The Labute approximate surface area is 119 Å². The number of halogens is 1. The number of rotatable bonds is 2. The number of hydrogen-bond acceptors (Lipinski definition) is 3. The average molecular weight is 300 g/mol. The lowest BCUT2D eigenvalue weighted by atomic mass is 9.98. The van der Waals surface area contributed by atoms with Crippen LogP contribution in [0.2, 0.25) is 5.02 Å². The second-order valence-electron chi connectivity index (χ2n) is 4.64. The molecule has 6 heteroatoms. The summed E-state index contributed by atoms with van der Waals surface area (Å²) in [6, 6.07) is 7.15. The van der Waals surface area contributed by atoms with Crippen LogP contribution in [-0.2, 0) is 15.9 Å². The first kappa shape index (κ1) is 13.1. The maximum absolute atomic E-state index is 12.6. The summed E-state index contributed by atoms with van der Waals surface area (Å²) in [5, 5.41) is 9.69. The van der Waals surface area contributed by atoms with Gasteiger partial charge in [-0.05, 0) is 43.4 Å². The Morgan fingerprint density at radius 2 is 2.05 bits per heavy atom. The summed E-state index contributed by atoms with van der Waals surface area (Å²) in [6.45, 7) is 0. The zero-order valence-electron chi connectivity index (χ0n) is 10.2. The van der Waals surface area contributed by atoms with Gasteiger partial charge < -0.3 is 0 Å². The molecule has 2 aliphatic rings. The normalized spacial score (nSPS) is 26.7. The third kappa shape index (κ3) is 2.10. The van der Waals surface area contributed by atoms with Gasteiger partial charge >= 0.3 is 0 Å². The van der Waals surface area contributed by atoms with Crippen molar-refractivity contribution in [3.8, 4) is 0 Å². The van der Waals surface area contributed by atoms with Crippen molar-refractivity contribution >= 4 is 28.3 Å². The fourth-order valence-electron chi connectivity index (χ4n) is 2.66. The summed E-state index contributed by atoms with van der Waals surface area (Å²) in [7, 11) is -1.32. The van der Waals surface area contributed by atoms with E-state index in [1.165, 1.54) is 0 Å². The molecule has 2 atom stereocenters. The number of para-hydroxylation sites is 1. The van der Waals surface area contributed by atoms with Gasteiger partial charge in [-0.2, -0.15) is 0 Å². The van der Waals surface area contributed by atoms with Crippen LogP contribution in [0.25, 0.3) is 0 Å². The lowest BCUT2D eigenvalue weighted by Crippen LogP contribution is -2.34. The predicted molar refractivity (Wildman–Crippen MR) is 75.1 cm³/mol. The van der Waals surface area contributed by atoms with E-state index in [1.807, 2.05) is 12.1 Å². The summed E-state index contributed by atoms with van der Waals surface area (Å²) in [5.74, 6) is 0. The third-order valence-corrected chi connectivity index (χ3v) is 5.50. The van der Waals surface area contributed by atoms with Crippen LogP contribution in [-0.4, -0.2) is 15.7 Å². The lowest BCUT2D eigenvalue weighted by Gasteiger charge is -2.24. The highest BCUT2D eigenvalue weighted by Crippen LogP contribution is 2.43. The van der Waals surface area contributed by atoms with Gasteiger partial charge in [0.2, 0.25) is 0 Å². The van der Waals surface area contributed by atoms with E-state index in [0.717, 1.165) is 36.2 Å². The van der Waals surface area contributed by atoms with Crippen molar-refractivity contribution in [3.63, 3.8) is 0 Å². The zero-order valence-corrected chi connectivity index (χ0v) is 11.8. The van der Waals surface area contributed by atoms with Crippen LogP contribution in [0.3, 0.4) is 0 Å². The van der Waals surface area contributed by atoms with E-state index in [2.05, 4.69) is 4.89 Å². The molecule has 1 N–H and O–H groups in total. The second-order valence-corrected chi connectivity index (χ2v) is 6.43. The van der Waals surface area contributed by atoms with Gasteiger partial charge in [-0.15, -0.1) is 0 Å². The van der Waals surface area contributed by atoms with Crippen molar-refractivity contribution in [1.29, 1.82) is 0 Å². The highest BCUT2D eigenvalue weighted by atomic mass is 35.5. The first-order chi connectivity index (χ1) is 9.24. The van der Waals surface area contributed by atoms with Crippen molar-refractivity contribution in [2.75, 3.05) is 4.31 Å². The molecule has 1 aromatic rings. The first-order valence-corrected chi connectivity index (χ1v) is 7.70. The van der Waals surface area contributed by atoms with Gasteiger partial charge in [0.25, 0.3) is 0 Å². The molecule has 0 spiro atoms. The Balaban J connectivity index is 2.04. The van der Waals surface area contributed by atoms with Gasteiger partial charge in [0.15, 0.2) is 17.2 Å². The molecule has 19 heavy (non-hydrogen) atoms. The van der Waals surface area contributed by atoms with Gasteiger partial charge in [0, 0.05) is 4.91 Å². The number of allylic oxidation sites excluding steroid dienone is 1. The summed E-state index contributed by atoms with van der Waals surface area (Å²) in [6.07, 6.45) is 2.98. The molecule has 0 radical (unpaired) electrons. The van der Waals surface area contributed by atoms with Crippen LogP contribution in [0.15, 0.2) is 34.7 Å². The molecule has 0 saturated carbocycles. The quantitative estimate of drug-likeness (QED) is 0.672. The standard InChI is InChI=1S/C13H14ClNO3S/c14-10-6-2-3-7-11(10)15-13(18-16)9-5-1-4-8-12(9)19(15)17/h2-3,6-7,13,16H,1,4-5,8H2/t13-,19?/m1/s1. The Bertz CT molecular complexity index is 561. The summed E-state index contributed by atoms with van der Waals surface area (Å²) >= 11 is 6.16. The van der Waals surface area contributed by atoms with Crippen LogP contribution in [0, 0.1) is 0 Å². The predicted octanol–water partition coefficient (Wildman–Crippen LogP) is 3.47. The zero-order chi connectivity index (χ0) is 13.4. The molecular weight excluding hydrogens is 286 g/mol. The number of benzene rings is 1. The molecule has 102 valence electrons. The monoisotopic (exact) mass is 299 g/mol. The Kier molecular flexibility index (Phi) is 3.62. The van der Waals surface area contributed by atoms with Crippen LogP contribution in [0.4, 0.5) is 5.69 Å². The van der Waals surface area contributed by atoms with E-state index in [0.29, 0.717) is 10.7 Å². The van der Waals surface area contributed by atoms with Crippen LogP contribution in [0.1, 0.15) is 25.7 Å². The molecule has 1 unspecified atom stereocenters. The number of anilines is 1. The molecule has 1 aliphatic heterocycles. The summed E-state index contributed by atoms with van der Waals surface area (Å²) in [5.41, 5.74) is 1.56. The lowest BCUT2D eigenvalue weighted by molar-refractivity contribution is -0.265. The molecule has 0 amide bonds. The topological polar surface area (TPSA) is 49.8 Å². The Morgan fingerprint density at radius 1 is 1.32 bits per heavy atom.